The Hall–Kier alpha value is -3.19. The summed E-state index contributed by atoms with van der Waals surface area (Å²) in [5, 5.41) is 5.74. The van der Waals surface area contributed by atoms with E-state index in [9.17, 15) is 9.18 Å². The fourth-order valence-corrected chi connectivity index (χ4v) is 2.98. The first-order chi connectivity index (χ1) is 14.1. The number of rotatable bonds is 8. The zero-order valence-electron chi connectivity index (χ0n) is 16.6. The van der Waals surface area contributed by atoms with Gasteiger partial charge in [-0.25, -0.2) is 14.2 Å². The molecule has 0 spiro atoms. The molecule has 0 bridgehead atoms. The van der Waals surface area contributed by atoms with E-state index in [1.807, 2.05) is 38.2 Å². The van der Waals surface area contributed by atoms with Gasteiger partial charge in [0, 0.05) is 32.6 Å². The Morgan fingerprint density at radius 1 is 1.21 bits per heavy atom. The number of urea groups is 1. The van der Waals surface area contributed by atoms with Gasteiger partial charge >= 0.3 is 6.03 Å². The second-order valence-electron chi connectivity index (χ2n) is 6.67. The van der Waals surface area contributed by atoms with Gasteiger partial charge in [-0.2, -0.15) is 0 Å². The molecule has 6 nitrogen and oxygen atoms in total. The van der Waals surface area contributed by atoms with Crippen LogP contribution in [0.5, 0.6) is 0 Å². The van der Waals surface area contributed by atoms with Gasteiger partial charge in [0.1, 0.15) is 17.7 Å². The highest BCUT2D eigenvalue weighted by atomic mass is 19.1. The molecule has 1 unspecified atom stereocenters. The number of aromatic nitrogens is 2. The van der Waals surface area contributed by atoms with Gasteiger partial charge in [-0.3, -0.25) is 0 Å². The molecule has 3 rings (SSSR count). The van der Waals surface area contributed by atoms with Gasteiger partial charge in [0.05, 0.1) is 6.61 Å². The molecule has 0 aliphatic heterocycles. The van der Waals surface area contributed by atoms with Crippen LogP contribution in [0.3, 0.4) is 0 Å². The summed E-state index contributed by atoms with van der Waals surface area (Å²) < 4.78 is 20.9. The van der Waals surface area contributed by atoms with Crippen molar-refractivity contribution in [2.75, 3.05) is 6.61 Å². The third kappa shape index (κ3) is 5.65. The molecule has 1 aromatic heterocycles. The molecular formula is C22H25FN4O2. The van der Waals surface area contributed by atoms with Crippen LogP contribution in [0.15, 0.2) is 60.9 Å². The molecule has 0 aliphatic rings. The average Bonchev–Trinajstić information content (AvgIpc) is 3.15. The Balaban J connectivity index is 1.65. The topological polar surface area (TPSA) is 68.2 Å². The van der Waals surface area contributed by atoms with Crippen molar-refractivity contribution in [1.29, 1.82) is 0 Å². The van der Waals surface area contributed by atoms with Crippen molar-refractivity contribution in [2.24, 2.45) is 7.05 Å². The van der Waals surface area contributed by atoms with Gasteiger partial charge in [0.2, 0.25) is 0 Å². The number of nitrogens with one attached hydrogen (secondary N) is 2. The lowest BCUT2D eigenvalue weighted by Crippen LogP contribution is -2.39. The van der Waals surface area contributed by atoms with Crippen molar-refractivity contribution in [3.63, 3.8) is 0 Å². The maximum absolute atomic E-state index is 13.7. The third-order valence-electron chi connectivity index (χ3n) is 4.52. The molecule has 7 heteroatoms. The molecule has 152 valence electrons. The number of nitrogens with zero attached hydrogens (tertiary/aromatic N) is 2. The van der Waals surface area contributed by atoms with E-state index < -0.39 is 6.04 Å². The Bertz CT molecular complexity index is 940. The highest BCUT2D eigenvalue weighted by molar-refractivity contribution is 5.74. The monoisotopic (exact) mass is 396 g/mol. The predicted molar refractivity (Wildman–Crippen MR) is 109 cm³/mol. The summed E-state index contributed by atoms with van der Waals surface area (Å²) in [6.07, 6.45) is 3.43. The number of benzene rings is 2. The Labute approximate surface area is 169 Å². The van der Waals surface area contributed by atoms with Crippen molar-refractivity contribution in [2.45, 2.75) is 26.1 Å². The number of ether oxygens (including phenoxy) is 1. The van der Waals surface area contributed by atoms with Crippen LogP contribution >= 0.6 is 0 Å². The first kappa shape index (κ1) is 20.5. The van der Waals surface area contributed by atoms with Gasteiger partial charge in [0.15, 0.2) is 0 Å². The van der Waals surface area contributed by atoms with Crippen molar-refractivity contribution in [3.05, 3.63) is 89.3 Å². The first-order valence-electron chi connectivity index (χ1n) is 9.49. The maximum Gasteiger partial charge on any atom is 0.315 e. The fraction of sp³-hybridized carbons (Fsp3) is 0.273. The number of halogens is 1. The van der Waals surface area contributed by atoms with Crippen molar-refractivity contribution < 1.29 is 13.9 Å². The van der Waals surface area contributed by atoms with Crippen LogP contribution in [0.25, 0.3) is 0 Å². The van der Waals surface area contributed by atoms with Crippen LogP contribution in [0.1, 0.15) is 35.5 Å². The number of hydrogen-bond donors (Lipinski definition) is 2. The minimum atomic E-state index is -0.570. The Morgan fingerprint density at radius 3 is 2.62 bits per heavy atom. The highest BCUT2D eigenvalue weighted by Crippen LogP contribution is 2.21. The first-order valence-corrected chi connectivity index (χ1v) is 9.49. The molecule has 0 saturated heterocycles. The number of imidazole rings is 1. The Morgan fingerprint density at radius 2 is 1.97 bits per heavy atom. The van der Waals surface area contributed by atoms with Crippen LogP contribution in [-0.2, 0) is 24.9 Å². The van der Waals surface area contributed by atoms with Gasteiger partial charge in [-0.05, 0) is 35.7 Å². The highest BCUT2D eigenvalue weighted by Gasteiger charge is 2.21. The normalized spacial score (nSPS) is 11.8. The zero-order chi connectivity index (χ0) is 20.6. The second-order valence-corrected chi connectivity index (χ2v) is 6.67. The van der Waals surface area contributed by atoms with Gasteiger partial charge < -0.3 is 19.9 Å². The lowest BCUT2D eigenvalue weighted by Gasteiger charge is -2.19. The number of amides is 2. The van der Waals surface area contributed by atoms with Gasteiger partial charge in [-0.15, -0.1) is 0 Å². The predicted octanol–water partition coefficient (Wildman–Crippen LogP) is 3.68. The van der Waals surface area contributed by atoms with Crippen LogP contribution in [0.4, 0.5) is 9.18 Å². The molecule has 0 saturated carbocycles. The summed E-state index contributed by atoms with van der Waals surface area (Å²) in [7, 11) is 1.83. The maximum atomic E-state index is 13.7. The molecule has 0 radical (unpaired) electrons. The van der Waals surface area contributed by atoms with E-state index in [1.165, 1.54) is 12.1 Å². The quantitative estimate of drug-likeness (QED) is 0.610. The smallest absolute Gasteiger partial charge is 0.315 e. The summed E-state index contributed by atoms with van der Waals surface area (Å²) in [6.45, 7) is 3.58. The molecule has 1 heterocycles. The minimum Gasteiger partial charge on any atom is -0.377 e. The minimum absolute atomic E-state index is 0.361. The lowest BCUT2D eigenvalue weighted by atomic mass is 10.1. The number of hydrogen-bond acceptors (Lipinski definition) is 3. The zero-order valence-corrected chi connectivity index (χ0v) is 16.6. The van der Waals surface area contributed by atoms with E-state index in [-0.39, 0.29) is 11.8 Å². The summed E-state index contributed by atoms with van der Waals surface area (Å²) >= 11 is 0. The van der Waals surface area contributed by atoms with E-state index in [0.29, 0.717) is 31.1 Å². The second kappa shape index (κ2) is 9.84. The summed E-state index contributed by atoms with van der Waals surface area (Å²) in [5.41, 5.74) is 2.68. The van der Waals surface area contributed by atoms with Crippen LogP contribution in [-0.4, -0.2) is 22.2 Å². The van der Waals surface area contributed by atoms with E-state index in [1.54, 1.807) is 29.1 Å². The van der Waals surface area contributed by atoms with E-state index in [2.05, 4.69) is 15.6 Å². The van der Waals surface area contributed by atoms with Crippen molar-refractivity contribution >= 4 is 6.03 Å². The van der Waals surface area contributed by atoms with Gasteiger partial charge in [0.25, 0.3) is 0 Å². The molecule has 29 heavy (non-hydrogen) atoms. The molecule has 0 fully saturated rings. The summed E-state index contributed by atoms with van der Waals surface area (Å²) in [4.78, 5) is 16.8. The third-order valence-corrected chi connectivity index (χ3v) is 4.52. The number of carbonyl (C=O) groups is 1. The molecule has 2 amide bonds. The van der Waals surface area contributed by atoms with Gasteiger partial charge in [-0.1, -0.05) is 36.4 Å². The fourth-order valence-electron chi connectivity index (χ4n) is 2.98. The largest absolute Gasteiger partial charge is 0.377 e. The molecule has 2 N–H and O–H groups in total. The standard InChI is InChI=1S/C22H25FN4O2/c1-3-29-15-17-9-7-16(8-10-17)14-25-22(28)26-20(21-24-11-12-27(21)2)18-5-4-6-19(23)13-18/h4-13,20H,3,14-15H2,1-2H3,(H2,25,26,28). The SMILES string of the molecule is CCOCc1ccc(CNC(=O)NC(c2cccc(F)c2)c2nccn2C)cc1. The lowest BCUT2D eigenvalue weighted by molar-refractivity contribution is 0.134. The Kier molecular flexibility index (Phi) is 6.97. The molecule has 2 aromatic carbocycles. The number of aryl methyl sites for hydroxylation is 1. The molecule has 0 aliphatic carbocycles. The summed E-state index contributed by atoms with van der Waals surface area (Å²) in [5.74, 6) is 0.252. The van der Waals surface area contributed by atoms with Crippen LogP contribution < -0.4 is 10.6 Å². The van der Waals surface area contributed by atoms with Crippen molar-refractivity contribution in [1.82, 2.24) is 20.2 Å². The van der Waals surface area contributed by atoms with Crippen LogP contribution in [0, 0.1) is 5.82 Å². The molecule has 3 aromatic rings. The van der Waals surface area contributed by atoms with Crippen molar-refractivity contribution in [3.8, 4) is 0 Å². The summed E-state index contributed by atoms with van der Waals surface area (Å²) in [6, 6.07) is 13.1. The molecule has 1 atom stereocenters. The van der Waals surface area contributed by atoms with E-state index in [4.69, 9.17) is 4.74 Å². The average molecular weight is 396 g/mol. The molecular weight excluding hydrogens is 371 g/mol. The van der Waals surface area contributed by atoms with Crippen LogP contribution in [0.2, 0.25) is 0 Å². The van der Waals surface area contributed by atoms with E-state index >= 15 is 0 Å². The number of carbonyl (C=O) groups excluding carboxylic acids is 1. The van der Waals surface area contributed by atoms with E-state index in [0.717, 1.165) is 11.1 Å².